The van der Waals surface area contributed by atoms with Gasteiger partial charge in [0.15, 0.2) is 5.69 Å². The lowest BCUT2D eigenvalue weighted by molar-refractivity contribution is -0.141. The number of fused-ring (bicyclic) bond motifs is 1. The second-order valence-electron chi connectivity index (χ2n) is 3.61. The second kappa shape index (κ2) is 4.34. The number of hydrogen-bond acceptors (Lipinski definition) is 2. The standard InChI is InChI=1S/C11H4ClF4NO2/c12-8-5-3-4(13)1-2-6(5)17-9(11(14,15)16)7(8)10(18)19/h1-3H,(H,18,19). The molecule has 0 radical (unpaired) electrons. The van der Waals surface area contributed by atoms with Gasteiger partial charge in [0.25, 0.3) is 0 Å². The average molecular weight is 294 g/mol. The molecule has 0 saturated heterocycles. The smallest absolute Gasteiger partial charge is 0.434 e. The van der Waals surface area contributed by atoms with Crippen LogP contribution in [0.5, 0.6) is 0 Å². The average Bonchev–Trinajstić information content (AvgIpc) is 2.27. The fraction of sp³-hybridized carbons (Fsp3) is 0.0909. The molecule has 1 aromatic heterocycles. The summed E-state index contributed by atoms with van der Waals surface area (Å²) in [5.74, 6) is -2.64. The minimum Gasteiger partial charge on any atom is -0.478 e. The molecular formula is C11H4ClF4NO2. The highest BCUT2D eigenvalue weighted by molar-refractivity contribution is 6.38. The highest BCUT2D eigenvalue weighted by atomic mass is 35.5. The largest absolute Gasteiger partial charge is 0.478 e. The van der Waals surface area contributed by atoms with E-state index < -0.39 is 34.2 Å². The predicted molar refractivity (Wildman–Crippen MR) is 58.7 cm³/mol. The Bertz CT molecular complexity index is 684. The van der Waals surface area contributed by atoms with Gasteiger partial charge >= 0.3 is 12.1 Å². The van der Waals surface area contributed by atoms with Crippen molar-refractivity contribution in [3.05, 3.63) is 40.3 Å². The Labute approximate surface area is 108 Å². The van der Waals surface area contributed by atoms with Gasteiger partial charge in [0.2, 0.25) is 0 Å². The minimum absolute atomic E-state index is 0.188. The van der Waals surface area contributed by atoms with Gasteiger partial charge in [-0.3, -0.25) is 0 Å². The van der Waals surface area contributed by atoms with Crippen LogP contribution in [-0.4, -0.2) is 16.1 Å². The lowest BCUT2D eigenvalue weighted by Crippen LogP contribution is -2.16. The lowest BCUT2D eigenvalue weighted by Gasteiger charge is -2.12. The molecular weight excluding hydrogens is 290 g/mol. The summed E-state index contributed by atoms with van der Waals surface area (Å²) in [6.45, 7) is 0. The maximum atomic E-state index is 13.0. The number of nitrogens with zero attached hydrogens (tertiary/aromatic N) is 1. The van der Waals surface area contributed by atoms with Crippen LogP contribution in [-0.2, 0) is 6.18 Å². The van der Waals surface area contributed by atoms with Crippen LogP contribution >= 0.6 is 11.6 Å². The maximum absolute atomic E-state index is 13.0. The fourth-order valence-corrected chi connectivity index (χ4v) is 1.92. The third kappa shape index (κ3) is 2.33. The lowest BCUT2D eigenvalue weighted by atomic mass is 10.1. The number of aromatic nitrogens is 1. The van der Waals surface area contributed by atoms with Crippen LogP contribution in [0.2, 0.25) is 5.02 Å². The number of pyridine rings is 1. The van der Waals surface area contributed by atoms with Crippen molar-refractivity contribution < 1.29 is 27.5 Å². The van der Waals surface area contributed by atoms with E-state index in [-0.39, 0.29) is 10.9 Å². The van der Waals surface area contributed by atoms with Crippen molar-refractivity contribution in [2.75, 3.05) is 0 Å². The zero-order chi connectivity index (χ0) is 14.4. The van der Waals surface area contributed by atoms with Gasteiger partial charge in [0.05, 0.1) is 10.5 Å². The molecule has 2 rings (SSSR count). The molecule has 0 atom stereocenters. The number of hydrogen-bond donors (Lipinski definition) is 1. The minimum atomic E-state index is -4.97. The summed E-state index contributed by atoms with van der Waals surface area (Å²) in [6.07, 6.45) is -4.97. The Morgan fingerprint density at radius 1 is 1.32 bits per heavy atom. The third-order valence-corrected chi connectivity index (χ3v) is 2.76. The van der Waals surface area contributed by atoms with Gasteiger partial charge in [-0.05, 0) is 18.2 Å². The first-order valence-electron chi connectivity index (χ1n) is 4.81. The summed E-state index contributed by atoms with van der Waals surface area (Å²) in [5, 5.41) is 7.94. The van der Waals surface area contributed by atoms with E-state index in [0.717, 1.165) is 18.2 Å². The van der Waals surface area contributed by atoms with E-state index in [4.69, 9.17) is 16.7 Å². The van der Waals surface area contributed by atoms with Gasteiger partial charge in [-0.15, -0.1) is 0 Å². The van der Waals surface area contributed by atoms with Gasteiger partial charge in [-0.1, -0.05) is 11.6 Å². The van der Waals surface area contributed by atoms with E-state index in [1.807, 2.05) is 0 Å². The Morgan fingerprint density at radius 3 is 2.47 bits per heavy atom. The highest BCUT2D eigenvalue weighted by Gasteiger charge is 2.39. The van der Waals surface area contributed by atoms with E-state index in [0.29, 0.717) is 0 Å². The first-order valence-corrected chi connectivity index (χ1v) is 5.19. The Morgan fingerprint density at radius 2 is 1.95 bits per heavy atom. The van der Waals surface area contributed by atoms with Crippen molar-refractivity contribution in [3.8, 4) is 0 Å². The number of benzene rings is 1. The molecule has 19 heavy (non-hydrogen) atoms. The van der Waals surface area contributed by atoms with E-state index in [1.54, 1.807) is 0 Å². The number of alkyl halides is 3. The summed E-state index contributed by atoms with van der Waals surface area (Å²) in [5.41, 5.74) is -3.03. The van der Waals surface area contributed by atoms with Gasteiger partial charge in [0, 0.05) is 5.39 Å². The second-order valence-corrected chi connectivity index (χ2v) is 3.99. The van der Waals surface area contributed by atoms with Crippen molar-refractivity contribution in [2.24, 2.45) is 0 Å². The van der Waals surface area contributed by atoms with Crippen LogP contribution < -0.4 is 0 Å². The van der Waals surface area contributed by atoms with Crippen molar-refractivity contribution >= 4 is 28.5 Å². The summed E-state index contributed by atoms with van der Waals surface area (Å²) in [7, 11) is 0. The predicted octanol–water partition coefficient (Wildman–Crippen LogP) is 3.74. The van der Waals surface area contributed by atoms with Gasteiger partial charge in [-0.2, -0.15) is 13.2 Å². The zero-order valence-corrected chi connectivity index (χ0v) is 9.68. The SMILES string of the molecule is O=C(O)c1c(C(F)(F)F)nc2ccc(F)cc2c1Cl. The zero-order valence-electron chi connectivity index (χ0n) is 8.92. The van der Waals surface area contributed by atoms with Crippen LogP contribution in [0.1, 0.15) is 16.1 Å². The molecule has 0 unspecified atom stereocenters. The van der Waals surface area contributed by atoms with E-state index in [2.05, 4.69) is 4.98 Å². The van der Waals surface area contributed by atoms with Gasteiger partial charge in [0.1, 0.15) is 11.4 Å². The van der Waals surface area contributed by atoms with Crippen LogP contribution in [0.25, 0.3) is 10.9 Å². The molecule has 1 N–H and O–H groups in total. The normalized spacial score (nSPS) is 11.8. The van der Waals surface area contributed by atoms with Crippen LogP contribution in [0.4, 0.5) is 17.6 Å². The quantitative estimate of drug-likeness (QED) is 0.815. The Balaban J connectivity index is 2.94. The molecule has 8 heteroatoms. The van der Waals surface area contributed by atoms with Crippen molar-refractivity contribution in [1.29, 1.82) is 0 Å². The van der Waals surface area contributed by atoms with Crippen LogP contribution in [0.3, 0.4) is 0 Å². The van der Waals surface area contributed by atoms with E-state index in [1.165, 1.54) is 0 Å². The molecule has 2 aromatic rings. The molecule has 0 fully saturated rings. The summed E-state index contributed by atoms with van der Waals surface area (Å²) in [6, 6.07) is 2.74. The van der Waals surface area contributed by atoms with Crippen molar-refractivity contribution in [1.82, 2.24) is 4.98 Å². The van der Waals surface area contributed by atoms with Crippen LogP contribution in [0, 0.1) is 5.82 Å². The first kappa shape index (κ1) is 13.5. The topological polar surface area (TPSA) is 50.2 Å². The number of carboxylic acid groups (broad SMARTS) is 1. The molecule has 0 aliphatic rings. The van der Waals surface area contributed by atoms with Gasteiger partial charge in [-0.25, -0.2) is 14.2 Å². The van der Waals surface area contributed by atoms with Crippen LogP contribution in [0.15, 0.2) is 18.2 Å². The molecule has 0 bridgehead atoms. The summed E-state index contributed by atoms with van der Waals surface area (Å²) in [4.78, 5) is 14.1. The molecule has 1 aromatic carbocycles. The summed E-state index contributed by atoms with van der Waals surface area (Å²) < 4.78 is 51.2. The summed E-state index contributed by atoms with van der Waals surface area (Å²) >= 11 is 5.63. The molecule has 0 aliphatic heterocycles. The Hall–Kier alpha value is -1.89. The third-order valence-electron chi connectivity index (χ3n) is 2.37. The number of halogens is 5. The number of aromatic carboxylic acids is 1. The number of carboxylic acids is 1. The number of carbonyl (C=O) groups is 1. The highest BCUT2D eigenvalue weighted by Crippen LogP contribution is 2.37. The molecule has 100 valence electrons. The number of rotatable bonds is 1. The molecule has 1 heterocycles. The van der Waals surface area contributed by atoms with Crippen molar-refractivity contribution in [3.63, 3.8) is 0 Å². The van der Waals surface area contributed by atoms with Gasteiger partial charge < -0.3 is 5.11 Å². The first-order chi connectivity index (χ1) is 8.71. The molecule has 0 saturated carbocycles. The van der Waals surface area contributed by atoms with E-state index in [9.17, 15) is 22.4 Å². The molecule has 3 nitrogen and oxygen atoms in total. The Kier molecular flexibility index (Phi) is 3.09. The molecule has 0 amide bonds. The van der Waals surface area contributed by atoms with Crippen molar-refractivity contribution in [2.45, 2.75) is 6.18 Å². The molecule has 0 spiro atoms. The molecule has 0 aliphatic carbocycles. The fourth-order valence-electron chi connectivity index (χ4n) is 1.60. The monoisotopic (exact) mass is 293 g/mol. The maximum Gasteiger partial charge on any atom is 0.434 e. The van der Waals surface area contributed by atoms with E-state index >= 15 is 0 Å².